The first-order chi connectivity index (χ1) is 13.4. The minimum Gasteiger partial charge on any atom is -0.383 e. The number of rotatable bonds is 10. The maximum absolute atomic E-state index is 13.1. The van der Waals surface area contributed by atoms with E-state index in [0.717, 1.165) is 22.9 Å². The van der Waals surface area contributed by atoms with Crippen LogP contribution in [-0.2, 0) is 4.74 Å². The van der Waals surface area contributed by atoms with Crippen LogP contribution >= 0.6 is 23.1 Å². The van der Waals surface area contributed by atoms with Crippen molar-refractivity contribution >= 4 is 34.7 Å². The monoisotopic (exact) mass is 423 g/mol. The topological polar surface area (TPSA) is 85.6 Å². The molecule has 0 aliphatic heterocycles. The molecular formula is C19H25N3O4S2. The van der Waals surface area contributed by atoms with Crippen molar-refractivity contribution in [2.24, 2.45) is 0 Å². The lowest BCUT2D eigenvalue weighted by atomic mass is 10.1. The third kappa shape index (κ3) is 5.52. The lowest BCUT2D eigenvalue weighted by Gasteiger charge is -2.30. The molecule has 7 nitrogen and oxygen atoms in total. The highest BCUT2D eigenvalue weighted by Crippen LogP contribution is 2.37. The molecule has 0 aliphatic carbocycles. The van der Waals surface area contributed by atoms with Crippen LogP contribution < -0.4 is 0 Å². The number of nitro groups is 1. The summed E-state index contributed by atoms with van der Waals surface area (Å²) in [5, 5.41) is 13.5. The Labute approximate surface area is 173 Å². The molecule has 9 heteroatoms. The Morgan fingerprint density at radius 1 is 1.39 bits per heavy atom. The van der Waals surface area contributed by atoms with Crippen molar-refractivity contribution < 1.29 is 14.5 Å². The van der Waals surface area contributed by atoms with Gasteiger partial charge in [-0.25, -0.2) is 4.98 Å². The van der Waals surface area contributed by atoms with Gasteiger partial charge < -0.3 is 9.64 Å². The number of thiazole rings is 1. The molecule has 1 heterocycles. The van der Waals surface area contributed by atoms with Gasteiger partial charge in [0.25, 0.3) is 11.6 Å². The summed E-state index contributed by atoms with van der Waals surface area (Å²) in [6.45, 7) is 6.80. The summed E-state index contributed by atoms with van der Waals surface area (Å²) in [6.07, 6.45) is 1.62. The van der Waals surface area contributed by atoms with E-state index < -0.39 is 4.92 Å². The lowest BCUT2D eigenvalue weighted by molar-refractivity contribution is -0.387. The van der Waals surface area contributed by atoms with Crippen molar-refractivity contribution in [2.75, 3.05) is 20.3 Å². The van der Waals surface area contributed by atoms with Gasteiger partial charge in [0.1, 0.15) is 0 Å². The lowest BCUT2D eigenvalue weighted by Crippen LogP contribution is -2.41. The molecule has 0 fully saturated rings. The van der Waals surface area contributed by atoms with Crippen LogP contribution in [0.4, 0.5) is 5.69 Å². The molecule has 0 spiro atoms. The Kier molecular flexibility index (Phi) is 8.40. The standard InChI is InChI=1S/C19H25N3O4S2/c1-5-15(6-2)21(9-10-26-4)18(23)14-7-8-17(16(11-14)22(24)25)28-19-20-13(3)12-27-19/h7-8,11-12,15H,5-6,9-10H2,1-4H3. The Morgan fingerprint density at radius 3 is 2.64 bits per heavy atom. The molecule has 0 bridgehead atoms. The second kappa shape index (κ2) is 10.5. The molecule has 0 saturated heterocycles. The van der Waals surface area contributed by atoms with Crippen LogP contribution in [0, 0.1) is 17.0 Å². The fraction of sp³-hybridized carbons (Fsp3) is 0.474. The van der Waals surface area contributed by atoms with Gasteiger partial charge >= 0.3 is 0 Å². The van der Waals surface area contributed by atoms with Gasteiger partial charge in [-0.15, -0.1) is 11.3 Å². The molecule has 0 radical (unpaired) electrons. The van der Waals surface area contributed by atoms with Gasteiger partial charge in [-0.05, 0) is 31.9 Å². The Balaban J connectivity index is 2.34. The maximum atomic E-state index is 13.1. The van der Waals surface area contributed by atoms with Gasteiger partial charge in [0.05, 0.1) is 16.4 Å². The maximum Gasteiger partial charge on any atom is 0.284 e. The second-order valence-corrected chi connectivity index (χ2v) is 8.41. The molecule has 1 aromatic heterocycles. The number of carbonyl (C=O) groups excluding carboxylic acids is 1. The van der Waals surface area contributed by atoms with Crippen LogP contribution in [0.25, 0.3) is 0 Å². The molecule has 0 saturated carbocycles. The average molecular weight is 424 g/mol. The van der Waals surface area contributed by atoms with Crippen molar-refractivity contribution in [3.8, 4) is 0 Å². The zero-order chi connectivity index (χ0) is 20.7. The van der Waals surface area contributed by atoms with E-state index in [2.05, 4.69) is 4.98 Å². The number of nitrogens with zero attached hydrogens (tertiary/aromatic N) is 3. The number of aromatic nitrogens is 1. The molecule has 0 atom stereocenters. The molecule has 0 aliphatic rings. The zero-order valence-electron chi connectivity index (χ0n) is 16.5. The number of aryl methyl sites for hydroxylation is 1. The first-order valence-electron chi connectivity index (χ1n) is 9.09. The summed E-state index contributed by atoms with van der Waals surface area (Å²) >= 11 is 2.68. The van der Waals surface area contributed by atoms with Crippen molar-refractivity contribution in [2.45, 2.75) is 48.9 Å². The van der Waals surface area contributed by atoms with E-state index in [1.807, 2.05) is 26.2 Å². The third-order valence-corrected chi connectivity index (χ3v) is 6.50. The highest BCUT2D eigenvalue weighted by atomic mass is 32.2. The molecule has 1 amide bonds. The Morgan fingerprint density at radius 2 is 2.11 bits per heavy atom. The minimum atomic E-state index is -0.448. The molecule has 0 N–H and O–H groups in total. The van der Waals surface area contributed by atoms with Gasteiger partial charge in [0.2, 0.25) is 0 Å². The van der Waals surface area contributed by atoms with E-state index in [-0.39, 0.29) is 17.6 Å². The largest absolute Gasteiger partial charge is 0.383 e. The van der Waals surface area contributed by atoms with Crippen LogP contribution in [0.5, 0.6) is 0 Å². The van der Waals surface area contributed by atoms with Gasteiger partial charge in [-0.1, -0.05) is 25.6 Å². The van der Waals surface area contributed by atoms with E-state index in [1.165, 1.54) is 29.2 Å². The van der Waals surface area contributed by atoms with Gasteiger partial charge in [-0.3, -0.25) is 14.9 Å². The van der Waals surface area contributed by atoms with E-state index in [4.69, 9.17) is 4.74 Å². The van der Waals surface area contributed by atoms with Gasteiger partial charge in [0, 0.05) is 42.4 Å². The van der Waals surface area contributed by atoms with Crippen molar-refractivity contribution in [1.82, 2.24) is 9.88 Å². The predicted molar refractivity (Wildman–Crippen MR) is 111 cm³/mol. The quantitative estimate of drug-likeness (QED) is 0.403. The van der Waals surface area contributed by atoms with Crippen LogP contribution in [0.1, 0.15) is 42.7 Å². The van der Waals surface area contributed by atoms with Crippen LogP contribution in [0.15, 0.2) is 32.8 Å². The molecule has 0 unspecified atom stereocenters. The molecule has 2 rings (SSSR count). The number of ether oxygens (including phenoxy) is 1. The molecule has 28 heavy (non-hydrogen) atoms. The summed E-state index contributed by atoms with van der Waals surface area (Å²) in [7, 11) is 1.59. The average Bonchev–Trinajstić information content (AvgIpc) is 3.09. The third-order valence-electron chi connectivity index (χ3n) is 4.38. The SMILES string of the molecule is CCC(CC)N(CCOC)C(=O)c1ccc(Sc2nc(C)cs2)c([N+](=O)[O-])c1. The number of carbonyl (C=O) groups is 1. The summed E-state index contributed by atoms with van der Waals surface area (Å²) < 4.78 is 5.87. The van der Waals surface area contributed by atoms with Gasteiger partial charge in [0.15, 0.2) is 4.34 Å². The highest BCUT2D eigenvalue weighted by molar-refractivity contribution is 8.01. The van der Waals surface area contributed by atoms with E-state index in [0.29, 0.717) is 23.6 Å². The van der Waals surface area contributed by atoms with Crippen LogP contribution in [-0.4, -0.2) is 47.0 Å². The number of amides is 1. The highest BCUT2D eigenvalue weighted by Gasteiger charge is 2.25. The molecule has 2 aromatic rings. The van der Waals surface area contributed by atoms with Crippen molar-refractivity contribution in [1.29, 1.82) is 0 Å². The number of methoxy groups -OCH3 is 1. The van der Waals surface area contributed by atoms with Crippen LogP contribution in [0.3, 0.4) is 0 Å². The molecular weight excluding hydrogens is 398 g/mol. The van der Waals surface area contributed by atoms with E-state index in [1.54, 1.807) is 24.1 Å². The van der Waals surface area contributed by atoms with E-state index >= 15 is 0 Å². The number of hydrogen-bond donors (Lipinski definition) is 0. The second-order valence-electron chi connectivity index (χ2n) is 6.26. The van der Waals surface area contributed by atoms with Gasteiger partial charge in [-0.2, -0.15) is 0 Å². The van der Waals surface area contributed by atoms with Crippen LogP contribution in [0.2, 0.25) is 0 Å². The normalized spacial score (nSPS) is 11.0. The van der Waals surface area contributed by atoms with Crippen molar-refractivity contribution in [3.05, 3.63) is 45.0 Å². The fourth-order valence-electron chi connectivity index (χ4n) is 2.89. The molecule has 152 valence electrons. The first kappa shape index (κ1) is 22.3. The summed E-state index contributed by atoms with van der Waals surface area (Å²) in [4.78, 5) is 30.8. The summed E-state index contributed by atoms with van der Waals surface area (Å²) in [5.41, 5.74) is 1.11. The number of benzene rings is 1. The summed E-state index contributed by atoms with van der Waals surface area (Å²) in [6, 6.07) is 4.72. The first-order valence-corrected chi connectivity index (χ1v) is 10.8. The predicted octanol–water partition coefficient (Wildman–Crippen LogP) is 4.79. The zero-order valence-corrected chi connectivity index (χ0v) is 18.1. The Hall–Kier alpha value is -1.97. The number of nitro benzene ring substituents is 1. The fourth-order valence-corrected chi connectivity index (χ4v) is 4.77. The molecule has 1 aromatic carbocycles. The Bertz CT molecular complexity index is 821. The minimum absolute atomic E-state index is 0.0639. The number of hydrogen-bond acceptors (Lipinski definition) is 7. The smallest absolute Gasteiger partial charge is 0.284 e. The summed E-state index contributed by atoms with van der Waals surface area (Å²) in [5.74, 6) is -0.213. The van der Waals surface area contributed by atoms with Crippen molar-refractivity contribution in [3.63, 3.8) is 0 Å². The van der Waals surface area contributed by atoms with E-state index in [9.17, 15) is 14.9 Å².